The van der Waals surface area contributed by atoms with E-state index in [9.17, 15) is 4.79 Å². The molecule has 0 saturated heterocycles. The highest BCUT2D eigenvalue weighted by Crippen LogP contribution is 2.48. The lowest BCUT2D eigenvalue weighted by Crippen LogP contribution is -2.65. The fourth-order valence-electron chi connectivity index (χ4n) is 3.45. The summed E-state index contributed by atoms with van der Waals surface area (Å²) in [6, 6.07) is 0.366. The Morgan fingerprint density at radius 2 is 1.96 bits per heavy atom. The summed E-state index contributed by atoms with van der Waals surface area (Å²) in [7, 11) is 5.31. The minimum Gasteiger partial charge on any atom is -0.378 e. The number of nitrogens with one attached hydrogen (secondary N) is 2. The van der Waals surface area contributed by atoms with Crippen molar-refractivity contribution >= 4 is 11.9 Å². The molecular weight excluding hydrogens is 292 g/mol. The molecule has 6 heteroatoms. The number of aliphatic imine (C=N–C) groups is 1. The molecule has 1 rings (SSSR count). The molecule has 0 aromatic heterocycles. The number of rotatable bonds is 8. The fraction of sp³-hybridized carbons (Fsp3) is 0.882. The zero-order valence-corrected chi connectivity index (χ0v) is 15.6. The highest BCUT2D eigenvalue weighted by atomic mass is 16.5. The Balaban J connectivity index is 2.54. The Morgan fingerprint density at radius 1 is 1.30 bits per heavy atom. The van der Waals surface area contributed by atoms with Crippen LogP contribution in [0.15, 0.2) is 4.99 Å². The summed E-state index contributed by atoms with van der Waals surface area (Å²) >= 11 is 0. The summed E-state index contributed by atoms with van der Waals surface area (Å²) in [4.78, 5) is 17.5. The summed E-state index contributed by atoms with van der Waals surface area (Å²) in [5.74, 6) is 0.882. The van der Waals surface area contributed by atoms with Gasteiger partial charge in [-0.2, -0.15) is 0 Å². The van der Waals surface area contributed by atoms with Gasteiger partial charge in [0.15, 0.2) is 5.96 Å². The highest BCUT2D eigenvalue weighted by Gasteiger charge is 2.53. The Labute approximate surface area is 141 Å². The summed E-state index contributed by atoms with van der Waals surface area (Å²) in [6.07, 6.45) is 3.97. The van der Waals surface area contributed by atoms with Crippen molar-refractivity contribution in [3.8, 4) is 0 Å². The summed E-state index contributed by atoms with van der Waals surface area (Å²) < 4.78 is 5.91. The first-order chi connectivity index (χ1) is 10.9. The first-order valence-corrected chi connectivity index (χ1v) is 8.74. The van der Waals surface area contributed by atoms with Gasteiger partial charge in [-0.25, -0.2) is 0 Å². The molecule has 1 fully saturated rings. The van der Waals surface area contributed by atoms with E-state index in [0.717, 1.165) is 31.8 Å². The predicted molar refractivity (Wildman–Crippen MR) is 94.6 cm³/mol. The van der Waals surface area contributed by atoms with Gasteiger partial charge in [-0.05, 0) is 26.2 Å². The van der Waals surface area contributed by atoms with Crippen molar-refractivity contribution in [1.29, 1.82) is 0 Å². The lowest BCUT2D eigenvalue weighted by Gasteiger charge is -2.55. The van der Waals surface area contributed by atoms with Crippen LogP contribution in [0.25, 0.3) is 0 Å². The SMILES string of the molecule is CCOC1CC(NC(=NC)NCCC(=O)N(C)C)C1(CC)CC. The molecule has 0 aromatic carbocycles. The number of carbonyl (C=O) groups excluding carboxylic acids is 1. The molecule has 1 amide bonds. The third-order valence-electron chi connectivity index (χ3n) is 5.13. The minimum atomic E-state index is 0.115. The van der Waals surface area contributed by atoms with Crippen LogP contribution in [0.4, 0.5) is 0 Å². The molecule has 0 aliphatic heterocycles. The molecule has 0 aromatic rings. The zero-order valence-electron chi connectivity index (χ0n) is 15.6. The van der Waals surface area contributed by atoms with Crippen LogP contribution in [0.5, 0.6) is 0 Å². The molecule has 134 valence electrons. The maximum absolute atomic E-state index is 11.6. The summed E-state index contributed by atoms with van der Waals surface area (Å²) in [5.41, 5.74) is 0.174. The third kappa shape index (κ3) is 4.59. The van der Waals surface area contributed by atoms with Gasteiger partial charge in [0.1, 0.15) is 0 Å². The number of guanidine groups is 1. The molecule has 0 bridgehead atoms. The van der Waals surface area contributed by atoms with Crippen LogP contribution in [-0.2, 0) is 9.53 Å². The third-order valence-corrected chi connectivity index (χ3v) is 5.13. The quantitative estimate of drug-likeness (QED) is 0.525. The maximum Gasteiger partial charge on any atom is 0.223 e. The number of hydrogen-bond acceptors (Lipinski definition) is 3. The van der Waals surface area contributed by atoms with Crippen molar-refractivity contribution in [1.82, 2.24) is 15.5 Å². The molecule has 2 atom stereocenters. The molecule has 2 N–H and O–H groups in total. The van der Waals surface area contributed by atoms with E-state index in [4.69, 9.17) is 4.74 Å². The minimum absolute atomic E-state index is 0.115. The van der Waals surface area contributed by atoms with Crippen LogP contribution < -0.4 is 10.6 Å². The maximum atomic E-state index is 11.6. The van der Waals surface area contributed by atoms with Crippen LogP contribution in [-0.4, -0.2) is 63.2 Å². The summed E-state index contributed by atoms with van der Waals surface area (Å²) in [5, 5.41) is 6.76. The van der Waals surface area contributed by atoms with Crippen molar-refractivity contribution in [3.63, 3.8) is 0 Å². The molecule has 2 unspecified atom stereocenters. The van der Waals surface area contributed by atoms with Gasteiger partial charge in [0, 0.05) is 52.2 Å². The van der Waals surface area contributed by atoms with E-state index < -0.39 is 0 Å². The van der Waals surface area contributed by atoms with E-state index in [1.54, 1.807) is 26.0 Å². The Morgan fingerprint density at radius 3 is 2.43 bits per heavy atom. The Bertz CT molecular complexity index is 405. The van der Waals surface area contributed by atoms with Crippen LogP contribution in [0.3, 0.4) is 0 Å². The van der Waals surface area contributed by atoms with Crippen LogP contribution in [0.1, 0.15) is 46.5 Å². The number of nitrogens with zero attached hydrogens (tertiary/aromatic N) is 2. The van der Waals surface area contributed by atoms with Gasteiger partial charge < -0.3 is 20.3 Å². The Hall–Kier alpha value is -1.30. The van der Waals surface area contributed by atoms with Gasteiger partial charge in [-0.15, -0.1) is 0 Å². The van der Waals surface area contributed by atoms with Gasteiger partial charge in [-0.1, -0.05) is 13.8 Å². The molecular formula is C17H34N4O2. The molecule has 1 saturated carbocycles. The number of hydrogen-bond donors (Lipinski definition) is 2. The van der Waals surface area contributed by atoms with Gasteiger partial charge in [0.05, 0.1) is 6.10 Å². The van der Waals surface area contributed by atoms with Crippen molar-refractivity contribution < 1.29 is 9.53 Å². The van der Waals surface area contributed by atoms with Gasteiger partial charge in [-0.3, -0.25) is 9.79 Å². The van der Waals surface area contributed by atoms with E-state index >= 15 is 0 Å². The van der Waals surface area contributed by atoms with Crippen molar-refractivity contribution in [2.75, 3.05) is 34.3 Å². The predicted octanol–water partition coefficient (Wildman–Crippen LogP) is 1.61. The zero-order chi connectivity index (χ0) is 17.5. The summed E-state index contributed by atoms with van der Waals surface area (Å²) in [6.45, 7) is 7.87. The fourth-order valence-corrected chi connectivity index (χ4v) is 3.45. The Kier molecular flexibility index (Phi) is 7.82. The highest BCUT2D eigenvalue weighted by molar-refractivity contribution is 5.81. The van der Waals surface area contributed by atoms with E-state index in [1.165, 1.54) is 0 Å². The van der Waals surface area contributed by atoms with E-state index in [2.05, 4.69) is 36.4 Å². The lowest BCUT2D eigenvalue weighted by molar-refractivity contribution is -0.133. The van der Waals surface area contributed by atoms with E-state index in [0.29, 0.717) is 25.1 Å². The average molecular weight is 326 g/mol. The second-order valence-electron chi connectivity index (χ2n) is 6.35. The van der Waals surface area contributed by atoms with Gasteiger partial charge in [0.25, 0.3) is 0 Å². The molecule has 0 spiro atoms. The van der Waals surface area contributed by atoms with Gasteiger partial charge >= 0.3 is 0 Å². The van der Waals surface area contributed by atoms with E-state index in [1.807, 2.05) is 0 Å². The van der Waals surface area contributed by atoms with E-state index in [-0.39, 0.29) is 11.3 Å². The van der Waals surface area contributed by atoms with Crippen molar-refractivity contribution in [3.05, 3.63) is 0 Å². The molecule has 1 aliphatic carbocycles. The number of amides is 1. The topological polar surface area (TPSA) is 66.0 Å². The second-order valence-corrected chi connectivity index (χ2v) is 6.35. The first-order valence-electron chi connectivity index (χ1n) is 8.74. The normalized spacial score (nSPS) is 23.1. The van der Waals surface area contributed by atoms with Gasteiger partial charge in [0.2, 0.25) is 5.91 Å². The van der Waals surface area contributed by atoms with Crippen LogP contribution >= 0.6 is 0 Å². The second kappa shape index (κ2) is 9.11. The standard InChI is InChI=1S/C17H34N4O2/c1-7-17(8-2)13(12-14(17)23-9-3)20-16(18-4)19-11-10-15(22)21(5)6/h13-14H,7-12H2,1-6H3,(H2,18,19,20). The van der Waals surface area contributed by atoms with Crippen LogP contribution in [0, 0.1) is 5.41 Å². The van der Waals surface area contributed by atoms with Crippen molar-refractivity contribution in [2.24, 2.45) is 10.4 Å². The average Bonchev–Trinajstić information content (AvgIpc) is 2.53. The smallest absolute Gasteiger partial charge is 0.223 e. The van der Waals surface area contributed by atoms with Crippen LogP contribution in [0.2, 0.25) is 0 Å². The monoisotopic (exact) mass is 326 g/mol. The first kappa shape index (κ1) is 19.7. The number of ether oxygens (including phenoxy) is 1. The molecule has 6 nitrogen and oxygen atoms in total. The number of carbonyl (C=O) groups is 1. The largest absolute Gasteiger partial charge is 0.378 e. The molecule has 23 heavy (non-hydrogen) atoms. The lowest BCUT2D eigenvalue weighted by atomic mass is 9.58. The molecule has 0 heterocycles. The molecule has 0 radical (unpaired) electrons. The van der Waals surface area contributed by atoms with Crippen molar-refractivity contribution in [2.45, 2.75) is 58.6 Å². The molecule has 1 aliphatic rings.